The highest BCUT2D eigenvalue weighted by Crippen LogP contribution is 2.41. The van der Waals surface area contributed by atoms with Gasteiger partial charge in [0.25, 0.3) is 11.7 Å². The third kappa shape index (κ3) is 4.14. The number of benzene rings is 2. The van der Waals surface area contributed by atoms with Crippen LogP contribution in [0.15, 0.2) is 54.1 Å². The van der Waals surface area contributed by atoms with Crippen LogP contribution in [0.2, 0.25) is 0 Å². The van der Waals surface area contributed by atoms with Crippen LogP contribution in [0.5, 0.6) is 11.5 Å². The van der Waals surface area contributed by atoms with Crippen molar-refractivity contribution in [2.24, 2.45) is 0 Å². The fourth-order valence-corrected chi connectivity index (χ4v) is 3.40. The molecule has 30 heavy (non-hydrogen) atoms. The fourth-order valence-electron chi connectivity index (χ4n) is 3.40. The van der Waals surface area contributed by atoms with Gasteiger partial charge in [0.2, 0.25) is 0 Å². The molecule has 0 aliphatic carbocycles. The summed E-state index contributed by atoms with van der Waals surface area (Å²) in [7, 11) is 1.39. The average molecular weight is 413 g/mol. The number of ether oxygens (including phenoxy) is 2. The van der Waals surface area contributed by atoms with Gasteiger partial charge in [-0.25, -0.2) is 0 Å². The van der Waals surface area contributed by atoms with Crippen LogP contribution < -0.4 is 4.74 Å². The highest BCUT2D eigenvalue weighted by atomic mass is 16.5. The van der Waals surface area contributed by atoms with E-state index in [9.17, 15) is 19.8 Å². The van der Waals surface area contributed by atoms with E-state index >= 15 is 0 Å². The molecular formula is C22H23NO7. The molecule has 1 saturated heterocycles. The molecule has 0 spiro atoms. The molecule has 1 unspecified atom stereocenters. The summed E-state index contributed by atoms with van der Waals surface area (Å²) in [4.78, 5) is 26.9. The van der Waals surface area contributed by atoms with Crippen molar-refractivity contribution in [1.29, 1.82) is 0 Å². The largest absolute Gasteiger partial charge is 0.507 e. The van der Waals surface area contributed by atoms with Crippen LogP contribution in [-0.4, -0.2) is 65.4 Å². The number of rotatable bonds is 8. The average Bonchev–Trinajstić information content (AvgIpc) is 3.02. The Morgan fingerprint density at radius 1 is 1.10 bits per heavy atom. The fraction of sp³-hybridized carbons (Fsp3) is 0.273. The summed E-state index contributed by atoms with van der Waals surface area (Å²) >= 11 is 0. The lowest BCUT2D eigenvalue weighted by molar-refractivity contribution is -0.140. The molecule has 8 heteroatoms. The molecule has 3 rings (SSSR count). The van der Waals surface area contributed by atoms with E-state index in [0.717, 1.165) is 0 Å². The van der Waals surface area contributed by atoms with Crippen LogP contribution in [0.3, 0.4) is 0 Å². The molecule has 3 N–H and O–H groups in total. The van der Waals surface area contributed by atoms with Crippen molar-refractivity contribution in [2.45, 2.75) is 6.04 Å². The molecule has 158 valence electrons. The van der Waals surface area contributed by atoms with Crippen LogP contribution in [0.1, 0.15) is 17.2 Å². The van der Waals surface area contributed by atoms with E-state index in [2.05, 4.69) is 0 Å². The number of carbonyl (C=O) groups is 2. The number of ketones is 1. The maximum absolute atomic E-state index is 12.9. The summed E-state index contributed by atoms with van der Waals surface area (Å²) in [6, 6.07) is 12.1. The van der Waals surface area contributed by atoms with Gasteiger partial charge < -0.3 is 29.7 Å². The van der Waals surface area contributed by atoms with Crippen molar-refractivity contribution in [1.82, 2.24) is 4.90 Å². The van der Waals surface area contributed by atoms with E-state index in [-0.39, 0.29) is 49.2 Å². The van der Waals surface area contributed by atoms with Gasteiger partial charge >= 0.3 is 0 Å². The Morgan fingerprint density at radius 3 is 2.50 bits per heavy atom. The van der Waals surface area contributed by atoms with Gasteiger partial charge in [-0.3, -0.25) is 9.59 Å². The summed E-state index contributed by atoms with van der Waals surface area (Å²) in [6.45, 7) is 0.117. The van der Waals surface area contributed by atoms with Crippen molar-refractivity contribution in [3.8, 4) is 11.5 Å². The van der Waals surface area contributed by atoms with Gasteiger partial charge in [0.1, 0.15) is 5.76 Å². The Morgan fingerprint density at radius 2 is 1.83 bits per heavy atom. The number of carbonyl (C=O) groups excluding carboxylic acids is 2. The second-order valence-corrected chi connectivity index (χ2v) is 6.63. The number of aliphatic hydroxyl groups excluding tert-OH is 2. The second kappa shape index (κ2) is 9.43. The highest BCUT2D eigenvalue weighted by Gasteiger charge is 2.46. The first-order chi connectivity index (χ1) is 14.5. The SMILES string of the molecule is COc1cc(C2C(=C(O)c3ccccc3)C(=O)C(=O)N2CCOCCO)ccc1O. The normalized spacial score (nSPS) is 18.1. The standard InChI is InChI=1S/C22H23NO7/c1-29-17-13-15(7-8-16(17)25)19-18(20(26)14-5-3-2-4-6-14)21(27)22(28)23(19)9-11-30-12-10-24/h2-8,13,19,24-26H,9-12H2,1H3. The van der Waals surface area contributed by atoms with E-state index in [1.54, 1.807) is 36.4 Å². The number of phenols is 1. The summed E-state index contributed by atoms with van der Waals surface area (Å²) in [5.41, 5.74) is 0.840. The van der Waals surface area contributed by atoms with Crippen molar-refractivity contribution in [3.05, 3.63) is 65.2 Å². The number of nitrogens with zero attached hydrogens (tertiary/aromatic N) is 1. The number of aromatic hydroxyl groups is 1. The molecule has 1 heterocycles. The first-order valence-electron chi connectivity index (χ1n) is 9.39. The highest BCUT2D eigenvalue weighted by molar-refractivity contribution is 6.46. The predicted molar refractivity (Wildman–Crippen MR) is 108 cm³/mol. The van der Waals surface area contributed by atoms with Crippen molar-refractivity contribution < 1.29 is 34.4 Å². The molecule has 2 aromatic rings. The van der Waals surface area contributed by atoms with Crippen molar-refractivity contribution >= 4 is 17.4 Å². The molecule has 1 amide bonds. The minimum atomic E-state index is -0.891. The topological polar surface area (TPSA) is 117 Å². The number of methoxy groups -OCH3 is 1. The van der Waals surface area contributed by atoms with Gasteiger partial charge in [0.15, 0.2) is 11.5 Å². The Labute approximate surface area is 173 Å². The number of amides is 1. The second-order valence-electron chi connectivity index (χ2n) is 6.63. The summed E-state index contributed by atoms with van der Waals surface area (Å²) in [5, 5.41) is 29.7. The third-order valence-electron chi connectivity index (χ3n) is 4.82. The number of aliphatic hydroxyl groups is 2. The minimum Gasteiger partial charge on any atom is -0.507 e. The zero-order valence-corrected chi connectivity index (χ0v) is 16.4. The maximum Gasteiger partial charge on any atom is 0.295 e. The molecule has 0 saturated carbocycles. The molecule has 0 aromatic heterocycles. The monoisotopic (exact) mass is 413 g/mol. The molecule has 0 bridgehead atoms. The van der Waals surface area contributed by atoms with Crippen molar-refractivity contribution in [2.75, 3.05) is 33.5 Å². The lowest BCUT2D eigenvalue weighted by atomic mass is 9.95. The van der Waals surface area contributed by atoms with Gasteiger partial charge in [0.05, 0.1) is 38.5 Å². The summed E-state index contributed by atoms with van der Waals surface area (Å²) in [6.07, 6.45) is 0. The van der Waals surface area contributed by atoms with Gasteiger partial charge in [-0.05, 0) is 17.7 Å². The van der Waals surface area contributed by atoms with Gasteiger partial charge in [-0.1, -0.05) is 36.4 Å². The van der Waals surface area contributed by atoms with E-state index < -0.39 is 17.7 Å². The molecule has 1 atom stereocenters. The lowest BCUT2D eigenvalue weighted by Crippen LogP contribution is -2.33. The van der Waals surface area contributed by atoms with Crippen LogP contribution in [0, 0.1) is 0 Å². The first-order valence-corrected chi connectivity index (χ1v) is 9.39. The van der Waals surface area contributed by atoms with E-state index in [1.165, 1.54) is 24.1 Å². The van der Waals surface area contributed by atoms with E-state index in [0.29, 0.717) is 11.1 Å². The number of Topliss-reactive ketones (excluding diaryl/α,β-unsaturated/α-hetero) is 1. The lowest BCUT2D eigenvalue weighted by Gasteiger charge is -2.25. The summed E-state index contributed by atoms with van der Waals surface area (Å²) < 4.78 is 10.4. The number of likely N-dealkylation sites (tertiary alicyclic amines) is 1. The van der Waals surface area contributed by atoms with Gasteiger partial charge in [-0.2, -0.15) is 0 Å². The smallest absolute Gasteiger partial charge is 0.295 e. The van der Waals surface area contributed by atoms with E-state index in [4.69, 9.17) is 14.6 Å². The number of hydrogen-bond donors (Lipinski definition) is 3. The van der Waals surface area contributed by atoms with Crippen LogP contribution >= 0.6 is 0 Å². The predicted octanol–water partition coefficient (Wildman–Crippen LogP) is 1.83. The molecule has 1 fully saturated rings. The molecule has 8 nitrogen and oxygen atoms in total. The molecule has 1 aliphatic rings. The van der Waals surface area contributed by atoms with E-state index in [1.807, 2.05) is 0 Å². The Bertz CT molecular complexity index is 955. The molecule has 1 aliphatic heterocycles. The van der Waals surface area contributed by atoms with Gasteiger partial charge in [0, 0.05) is 12.1 Å². The zero-order chi connectivity index (χ0) is 21.7. The van der Waals surface area contributed by atoms with Crippen LogP contribution in [0.4, 0.5) is 0 Å². The molecule has 2 aromatic carbocycles. The number of hydrogen-bond acceptors (Lipinski definition) is 7. The number of phenolic OH excluding ortho intramolecular Hbond substituents is 1. The first kappa shape index (κ1) is 21.4. The van der Waals surface area contributed by atoms with Crippen LogP contribution in [0.25, 0.3) is 5.76 Å². The third-order valence-corrected chi connectivity index (χ3v) is 4.82. The van der Waals surface area contributed by atoms with Crippen molar-refractivity contribution in [3.63, 3.8) is 0 Å². The maximum atomic E-state index is 12.9. The Kier molecular flexibility index (Phi) is 6.71. The molecule has 0 radical (unpaired) electrons. The Balaban J connectivity index is 2.10. The zero-order valence-electron chi connectivity index (χ0n) is 16.4. The van der Waals surface area contributed by atoms with Crippen LogP contribution in [-0.2, 0) is 14.3 Å². The minimum absolute atomic E-state index is 0.0545. The quantitative estimate of drug-likeness (QED) is 0.262. The Hall–Kier alpha value is -3.36. The van der Waals surface area contributed by atoms with Gasteiger partial charge in [-0.15, -0.1) is 0 Å². The molecular weight excluding hydrogens is 390 g/mol. The summed E-state index contributed by atoms with van der Waals surface area (Å²) in [5.74, 6) is -1.78.